The summed E-state index contributed by atoms with van der Waals surface area (Å²) in [5, 5.41) is 7.67. The number of allylic oxidation sites excluding steroid dienone is 2. The zero-order chi connectivity index (χ0) is 23.7. The average Bonchev–Trinajstić information content (AvgIpc) is 3.59. The molecule has 2 aromatic carbocycles. The number of hydrogen-bond donors (Lipinski definition) is 0. The molecule has 3 aromatic rings. The first-order chi connectivity index (χ1) is 16.6. The molecule has 3 atom stereocenters. The van der Waals surface area contributed by atoms with Crippen LogP contribution in [0.25, 0.3) is 11.3 Å². The van der Waals surface area contributed by atoms with Crippen molar-refractivity contribution in [2.45, 2.75) is 12.8 Å². The molecule has 0 saturated heterocycles. The van der Waals surface area contributed by atoms with Crippen molar-refractivity contribution in [2.24, 2.45) is 27.8 Å². The molecule has 0 spiro atoms. The molecule has 34 heavy (non-hydrogen) atoms. The molecule has 0 amide bonds. The number of ether oxygens (including phenoxy) is 3. The van der Waals surface area contributed by atoms with E-state index in [-0.39, 0.29) is 0 Å². The fourth-order valence-corrected chi connectivity index (χ4v) is 5.67. The summed E-state index contributed by atoms with van der Waals surface area (Å²) in [7, 11) is 4.83. The minimum atomic E-state index is 0.443. The van der Waals surface area contributed by atoms with Gasteiger partial charge in [-0.15, -0.1) is 11.3 Å². The molecule has 1 fully saturated rings. The van der Waals surface area contributed by atoms with E-state index in [1.54, 1.807) is 21.3 Å². The number of hydrogen-bond acceptors (Lipinski definition) is 6. The van der Waals surface area contributed by atoms with Crippen LogP contribution in [0.2, 0.25) is 5.02 Å². The maximum absolute atomic E-state index is 6.06. The lowest BCUT2D eigenvalue weighted by Gasteiger charge is -2.15. The summed E-state index contributed by atoms with van der Waals surface area (Å²) in [6.45, 7) is 0. The Hall–Kier alpha value is -3.03. The van der Waals surface area contributed by atoms with Crippen molar-refractivity contribution in [3.63, 3.8) is 0 Å². The van der Waals surface area contributed by atoms with Gasteiger partial charge in [0.1, 0.15) is 0 Å². The standard InChI is InChI=1S/C26H26ClN3O3S/c1-31-23-12-18(13-24(32-2)25(23)33-3)22-15-34-26(29-21-8-6-20(27)7-9-21)30(22)28-14-19-11-16-4-5-17(19)10-16/h4-9,12-17,19H,10-11H2,1-3H3. The first-order valence-corrected chi connectivity index (χ1v) is 12.4. The summed E-state index contributed by atoms with van der Waals surface area (Å²) < 4.78 is 18.5. The van der Waals surface area contributed by atoms with Gasteiger partial charge in [-0.05, 0) is 61.1 Å². The zero-order valence-corrected chi connectivity index (χ0v) is 20.8. The molecule has 2 bridgehead atoms. The lowest BCUT2D eigenvalue weighted by Crippen LogP contribution is -2.15. The Kier molecular flexibility index (Phi) is 6.48. The highest BCUT2D eigenvalue weighted by Gasteiger charge is 2.34. The average molecular weight is 496 g/mol. The third-order valence-electron chi connectivity index (χ3n) is 6.40. The molecule has 176 valence electrons. The SMILES string of the molecule is COc1cc(-c2csc(=Nc3ccc(Cl)cc3)n2N=CC2CC3C=CC2C3)cc(OC)c1OC. The zero-order valence-electron chi connectivity index (χ0n) is 19.3. The van der Waals surface area contributed by atoms with E-state index >= 15 is 0 Å². The van der Waals surface area contributed by atoms with E-state index in [2.05, 4.69) is 18.4 Å². The Morgan fingerprint density at radius 2 is 1.74 bits per heavy atom. The van der Waals surface area contributed by atoms with Crippen LogP contribution in [0.3, 0.4) is 0 Å². The van der Waals surface area contributed by atoms with Crippen LogP contribution >= 0.6 is 22.9 Å². The molecule has 2 aliphatic carbocycles. The highest BCUT2D eigenvalue weighted by molar-refractivity contribution is 7.07. The van der Waals surface area contributed by atoms with Gasteiger partial charge in [-0.3, -0.25) is 0 Å². The van der Waals surface area contributed by atoms with Crippen LogP contribution in [-0.4, -0.2) is 32.2 Å². The van der Waals surface area contributed by atoms with Crippen LogP contribution in [-0.2, 0) is 0 Å². The molecule has 6 nitrogen and oxygen atoms in total. The minimum absolute atomic E-state index is 0.443. The number of aromatic nitrogens is 1. The molecular weight excluding hydrogens is 470 g/mol. The molecule has 1 aromatic heterocycles. The summed E-state index contributed by atoms with van der Waals surface area (Å²) >= 11 is 7.59. The molecule has 5 rings (SSSR count). The highest BCUT2D eigenvalue weighted by atomic mass is 35.5. The maximum atomic E-state index is 6.06. The van der Waals surface area contributed by atoms with Gasteiger partial charge in [0.2, 0.25) is 10.6 Å². The molecule has 0 N–H and O–H groups in total. The van der Waals surface area contributed by atoms with Gasteiger partial charge in [0, 0.05) is 28.1 Å². The fraction of sp³-hybridized carbons (Fsp3) is 0.308. The smallest absolute Gasteiger partial charge is 0.211 e. The number of thiazole rings is 1. The summed E-state index contributed by atoms with van der Waals surface area (Å²) in [4.78, 5) is 5.61. The van der Waals surface area contributed by atoms with E-state index in [0.29, 0.717) is 40.0 Å². The van der Waals surface area contributed by atoms with Crippen LogP contribution in [0.4, 0.5) is 5.69 Å². The van der Waals surface area contributed by atoms with Crippen LogP contribution < -0.4 is 19.0 Å². The molecule has 0 radical (unpaired) electrons. The maximum Gasteiger partial charge on any atom is 0.211 e. The summed E-state index contributed by atoms with van der Waals surface area (Å²) in [6, 6.07) is 11.3. The first-order valence-electron chi connectivity index (χ1n) is 11.1. The largest absolute Gasteiger partial charge is 0.493 e. The predicted molar refractivity (Wildman–Crippen MR) is 137 cm³/mol. The molecule has 1 saturated carbocycles. The number of rotatable bonds is 7. The predicted octanol–water partition coefficient (Wildman–Crippen LogP) is 6.17. The molecular formula is C26H26ClN3O3S. The number of methoxy groups -OCH3 is 3. The fourth-order valence-electron chi connectivity index (χ4n) is 4.69. The first kappa shape index (κ1) is 22.7. The van der Waals surface area contributed by atoms with E-state index in [4.69, 9.17) is 35.9 Å². The van der Waals surface area contributed by atoms with Crippen molar-refractivity contribution in [3.8, 4) is 28.5 Å². The van der Waals surface area contributed by atoms with Gasteiger partial charge in [0.15, 0.2) is 11.5 Å². The summed E-state index contributed by atoms with van der Waals surface area (Å²) in [6.07, 6.45) is 9.14. The number of benzene rings is 2. The van der Waals surface area contributed by atoms with Gasteiger partial charge in [0.25, 0.3) is 0 Å². The second kappa shape index (κ2) is 9.68. The van der Waals surface area contributed by atoms with Crippen LogP contribution in [0.1, 0.15) is 12.8 Å². The van der Waals surface area contributed by atoms with E-state index in [9.17, 15) is 0 Å². The minimum Gasteiger partial charge on any atom is -0.493 e. The van der Waals surface area contributed by atoms with Crippen LogP contribution in [0.15, 0.2) is 64.0 Å². The quantitative estimate of drug-likeness (QED) is 0.291. The van der Waals surface area contributed by atoms with E-state index in [0.717, 1.165) is 28.2 Å². The van der Waals surface area contributed by atoms with Crippen LogP contribution in [0.5, 0.6) is 17.2 Å². The van der Waals surface area contributed by atoms with Gasteiger partial charge >= 0.3 is 0 Å². The number of halogens is 1. The van der Waals surface area contributed by atoms with Crippen molar-refractivity contribution < 1.29 is 14.2 Å². The highest BCUT2D eigenvalue weighted by Crippen LogP contribution is 2.43. The Labute approximate surface area is 207 Å². The Balaban J connectivity index is 1.62. The molecule has 3 unspecified atom stereocenters. The van der Waals surface area contributed by atoms with Crippen molar-refractivity contribution in [1.82, 2.24) is 4.68 Å². The second-order valence-corrected chi connectivity index (χ2v) is 9.70. The Morgan fingerprint density at radius 1 is 1.00 bits per heavy atom. The van der Waals surface area contributed by atoms with Crippen molar-refractivity contribution in [3.05, 3.63) is 63.8 Å². The normalized spacial score (nSPS) is 21.5. The topological polar surface area (TPSA) is 57.3 Å². The third-order valence-corrected chi connectivity index (χ3v) is 7.47. The third kappa shape index (κ3) is 4.38. The van der Waals surface area contributed by atoms with Gasteiger partial charge in [0.05, 0.1) is 32.7 Å². The van der Waals surface area contributed by atoms with Gasteiger partial charge in [-0.1, -0.05) is 23.8 Å². The van der Waals surface area contributed by atoms with E-state index < -0.39 is 0 Å². The van der Waals surface area contributed by atoms with Crippen molar-refractivity contribution in [2.75, 3.05) is 21.3 Å². The molecule has 0 aliphatic heterocycles. The summed E-state index contributed by atoms with van der Waals surface area (Å²) in [5.74, 6) is 3.44. The van der Waals surface area contributed by atoms with Crippen molar-refractivity contribution >= 4 is 34.8 Å². The Bertz CT molecular complexity index is 1280. The van der Waals surface area contributed by atoms with E-state index in [1.165, 1.54) is 17.8 Å². The second-order valence-electron chi connectivity index (χ2n) is 8.43. The van der Waals surface area contributed by atoms with Crippen molar-refractivity contribution in [1.29, 1.82) is 0 Å². The number of fused-ring (bicyclic) bond motifs is 2. The molecule has 1 heterocycles. The van der Waals surface area contributed by atoms with Gasteiger partial charge in [-0.2, -0.15) is 5.10 Å². The lowest BCUT2D eigenvalue weighted by molar-refractivity contribution is 0.324. The van der Waals surface area contributed by atoms with E-state index in [1.807, 2.05) is 46.5 Å². The number of nitrogens with zero attached hydrogens (tertiary/aromatic N) is 3. The summed E-state index contributed by atoms with van der Waals surface area (Å²) in [5.41, 5.74) is 2.61. The van der Waals surface area contributed by atoms with Gasteiger partial charge < -0.3 is 14.2 Å². The molecule has 2 aliphatic rings. The Morgan fingerprint density at radius 3 is 2.32 bits per heavy atom. The monoisotopic (exact) mass is 495 g/mol. The molecule has 8 heteroatoms. The lowest BCUT2D eigenvalue weighted by atomic mass is 9.95. The van der Waals surface area contributed by atoms with Crippen LogP contribution in [0, 0.1) is 17.8 Å². The van der Waals surface area contributed by atoms with Gasteiger partial charge in [-0.25, -0.2) is 9.67 Å².